The first-order valence-corrected chi connectivity index (χ1v) is 6.45. The van der Waals surface area contributed by atoms with Gasteiger partial charge in [-0.1, -0.05) is 15.9 Å². The van der Waals surface area contributed by atoms with Crippen LogP contribution in [0.1, 0.15) is 13.3 Å². The van der Waals surface area contributed by atoms with Gasteiger partial charge in [0, 0.05) is 30.6 Å². The summed E-state index contributed by atoms with van der Waals surface area (Å²) < 4.78 is 0. The van der Waals surface area contributed by atoms with Gasteiger partial charge in [0.05, 0.1) is 0 Å². The third-order valence-corrected chi connectivity index (χ3v) is 3.35. The molecule has 0 bridgehead atoms. The summed E-state index contributed by atoms with van der Waals surface area (Å²) in [6, 6.07) is 0.291. The normalized spacial score (nSPS) is 12.7. The fourth-order valence-electron chi connectivity index (χ4n) is 0.715. The maximum atomic E-state index is 11.4. The third kappa shape index (κ3) is 4.36. The molecule has 0 aliphatic carbocycles. The van der Waals surface area contributed by atoms with Gasteiger partial charge in [0.25, 0.3) is 0 Å². The molecule has 0 aliphatic heterocycles. The molecule has 0 rings (SSSR count). The summed E-state index contributed by atoms with van der Waals surface area (Å²) in [6.07, 6.45) is 2.66. The van der Waals surface area contributed by atoms with E-state index in [2.05, 4.69) is 15.9 Å². The van der Waals surface area contributed by atoms with Gasteiger partial charge in [-0.05, 0) is 13.2 Å². The van der Waals surface area contributed by atoms with Crippen molar-refractivity contribution in [3.8, 4) is 0 Å². The van der Waals surface area contributed by atoms with E-state index < -0.39 is 0 Å². The highest BCUT2D eigenvalue weighted by Crippen LogP contribution is 2.04. The van der Waals surface area contributed by atoms with Gasteiger partial charge in [-0.25, -0.2) is 0 Å². The molecule has 4 heteroatoms. The Labute approximate surface area is 87.2 Å². The molecule has 0 aromatic rings. The molecule has 12 heavy (non-hydrogen) atoms. The number of halogens is 1. The zero-order valence-corrected chi connectivity index (χ0v) is 10.2. The SMILES string of the molecule is CSCCC(=O)N(C)C(C)CBr. The summed E-state index contributed by atoms with van der Waals surface area (Å²) in [4.78, 5) is 13.2. The van der Waals surface area contributed by atoms with Gasteiger partial charge in [0.15, 0.2) is 0 Å². The highest BCUT2D eigenvalue weighted by atomic mass is 79.9. The predicted molar refractivity (Wildman–Crippen MR) is 59.0 cm³/mol. The maximum absolute atomic E-state index is 11.4. The Morgan fingerprint density at radius 3 is 2.67 bits per heavy atom. The van der Waals surface area contributed by atoms with E-state index in [0.29, 0.717) is 12.5 Å². The molecule has 2 nitrogen and oxygen atoms in total. The van der Waals surface area contributed by atoms with Gasteiger partial charge in [-0.2, -0.15) is 11.8 Å². The van der Waals surface area contributed by atoms with Gasteiger partial charge in [-0.3, -0.25) is 4.79 Å². The highest BCUT2D eigenvalue weighted by Gasteiger charge is 2.13. The molecule has 1 atom stereocenters. The number of amides is 1. The second-order valence-corrected chi connectivity index (χ2v) is 4.38. The standard InChI is InChI=1S/C8H16BrNOS/c1-7(6-9)10(2)8(11)4-5-12-3/h7H,4-6H2,1-3H3. The quantitative estimate of drug-likeness (QED) is 0.699. The third-order valence-electron chi connectivity index (χ3n) is 1.80. The molecule has 0 fully saturated rings. The van der Waals surface area contributed by atoms with E-state index in [4.69, 9.17) is 0 Å². The second-order valence-electron chi connectivity index (χ2n) is 2.75. The molecule has 0 radical (unpaired) electrons. The van der Waals surface area contributed by atoms with E-state index in [1.54, 1.807) is 16.7 Å². The van der Waals surface area contributed by atoms with Crippen molar-refractivity contribution in [1.29, 1.82) is 0 Å². The van der Waals surface area contributed by atoms with Crippen molar-refractivity contribution in [2.45, 2.75) is 19.4 Å². The smallest absolute Gasteiger partial charge is 0.223 e. The number of carbonyl (C=O) groups excluding carboxylic acids is 1. The summed E-state index contributed by atoms with van der Waals surface area (Å²) in [5.41, 5.74) is 0. The van der Waals surface area contributed by atoms with Crippen LogP contribution < -0.4 is 0 Å². The first-order chi connectivity index (χ1) is 5.63. The molecule has 1 amide bonds. The highest BCUT2D eigenvalue weighted by molar-refractivity contribution is 9.09. The number of hydrogen-bond acceptors (Lipinski definition) is 2. The molecule has 0 aromatic heterocycles. The van der Waals surface area contributed by atoms with Gasteiger partial charge < -0.3 is 4.90 Å². The van der Waals surface area contributed by atoms with Crippen LogP contribution in [-0.4, -0.2) is 41.2 Å². The minimum Gasteiger partial charge on any atom is -0.342 e. The molecular formula is C8H16BrNOS. The maximum Gasteiger partial charge on any atom is 0.223 e. The fourth-order valence-corrected chi connectivity index (χ4v) is 1.53. The lowest BCUT2D eigenvalue weighted by Crippen LogP contribution is -2.36. The fraction of sp³-hybridized carbons (Fsp3) is 0.875. The number of rotatable bonds is 5. The Kier molecular flexibility index (Phi) is 6.95. The molecule has 0 heterocycles. The van der Waals surface area contributed by atoms with Crippen LogP contribution in [-0.2, 0) is 4.79 Å². The Morgan fingerprint density at radius 2 is 2.25 bits per heavy atom. The lowest BCUT2D eigenvalue weighted by molar-refractivity contribution is -0.130. The molecule has 0 aliphatic rings. The first-order valence-electron chi connectivity index (χ1n) is 3.94. The van der Waals surface area contributed by atoms with Crippen molar-refractivity contribution in [1.82, 2.24) is 4.90 Å². The van der Waals surface area contributed by atoms with Crippen LogP contribution in [0, 0.1) is 0 Å². The van der Waals surface area contributed by atoms with Crippen molar-refractivity contribution in [2.24, 2.45) is 0 Å². The number of carbonyl (C=O) groups is 1. The van der Waals surface area contributed by atoms with E-state index in [-0.39, 0.29) is 5.91 Å². The molecule has 72 valence electrons. The first kappa shape index (κ1) is 12.3. The zero-order chi connectivity index (χ0) is 9.56. The zero-order valence-electron chi connectivity index (χ0n) is 7.84. The Morgan fingerprint density at radius 1 is 1.67 bits per heavy atom. The summed E-state index contributed by atoms with van der Waals surface area (Å²) in [5.74, 6) is 1.15. The van der Waals surface area contributed by atoms with Crippen molar-refractivity contribution < 1.29 is 4.79 Å². The molecule has 1 unspecified atom stereocenters. The number of thioether (sulfide) groups is 1. The van der Waals surface area contributed by atoms with Crippen LogP contribution >= 0.6 is 27.7 Å². The van der Waals surface area contributed by atoms with Gasteiger partial charge in [-0.15, -0.1) is 0 Å². The number of alkyl halides is 1. The average molecular weight is 254 g/mol. The van der Waals surface area contributed by atoms with Crippen molar-refractivity contribution in [3.05, 3.63) is 0 Å². The number of hydrogen-bond donors (Lipinski definition) is 0. The van der Waals surface area contributed by atoms with Gasteiger partial charge >= 0.3 is 0 Å². The van der Waals surface area contributed by atoms with Gasteiger partial charge in [0.2, 0.25) is 5.91 Å². The van der Waals surface area contributed by atoms with Crippen LogP contribution in [0.25, 0.3) is 0 Å². The molecule has 0 saturated heterocycles. The van der Waals surface area contributed by atoms with Crippen LogP contribution in [0.5, 0.6) is 0 Å². The summed E-state index contributed by atoms with van der Waals surface area (Å²) in [5, 5.41) is 0.842. The van der Waals surface area contributed by atoms with Crippen molar-refractivity contribution >= 4 is 33.6 Å². The largest absolute Gasteiger partial charge is 0.342 e. The Hall–Kier alpha value is 0.300. The summed E-state index contributed by atoms with van der Waals surface area (Å²) in [6.45, 7) is 2.03. The molecular weight excluding hydrogens is 238 g/mol. The lowest BCUT2D eigenvalue weighted by Gasteiger charge is -2.22. The van der Waals surface area contributed by atoms with E-state index >= 15 is 0 Å². The second kappa shape index (κ2) is 6.78. The average Bonchev–Trinajstić information content (AvgIpc) is 2.11. The lowest BCUT2D eigenvalue weighted by atomic mass is 10.3. The van der Waals surface area contributed by atoms with Crippen LogP contribution in [0.4, 0.5) is 0 Å². The molecule has 0 aromatic carbocycles. The summed E-state index contributed by atoms with van der Waals surface area (Å²) in [7, 11) is 1.86. The van der Waals surface area contributed by atoms with Gasteiger partial charge in [0.1, 0.15) is 0 Å². The van der Waals surface area contributed by atoms with E-state index in [1.807, 2.05) is 20.2 Å². The summed E-state index contributed by atoms with van der Waals surface area (Å²) >= 11 is 5.06. The van der Waals surface area contributed by atoms with E-state index in [9.17, 15) is 4.79 Å². The van der Waals surface area contributed by atoms with Crippen molar-refractivity contribution in [2.75, 3.05) is 24.4 Å². The van der Waals surface area contributed by atoms with Crippen LogP contribution in [0.15, 0.2) is 0 Å². The predicted octanol–water partition coefficient (Wildman–Crippen LogP) is 1.98. The minimum absolute atomic E-state index is 0.233. The van der Waals surface area contributed by atoms with Crippen molar-refractivity contribution in [3.63, 3.8) is 0 Å². The Balaban J connectivity index is 3.75. The molecule has 0 N–H and O–H groups in total. The number of nitrogens with zero attached hydrogens (tertiary/aromatic N) is 1. The molecule has 0 saturated carbocycles. The Bertz CT molecular complexity index is 143. The van der Waals surface area contributed by atoms with E-state index in [1.165, 1.54) is 0 Å². The monoisotopic (exact) mass is 253 g/mol. The minimum atomic E-state index is 0.233. The topological polar surface area (TPSA) is 20.3 Å². The molecule has 0 spiro atoms. The van der Waals surface area contributed by atoms with Crippen LogP contribution in [0.2, 0.25) is 0 Å². The van der Waals surface area contributed by atoms with Crippen LogP contribution in [0.3, 0.4) is 0 Å². The van der Waals surface area contributed by atoms with E-state index in [0.717, 1.165) is 11.1 Å².